The van der Waals surface area contributed by atoms with Crippen molar-refractivity contribution in [2.45, 2.75) is 33.4 Å². The van der Waals surface area contributed by atoms with Crippen LogP contribution in [0, 0.1) is 35.3 Å². The van der Waals surface area contributed by atoms with Gasteiger partial charge in [0.15, 0.2) is 6.61 Å². The number of rotatable bonds is 9. The third-order valence-electron chi connectivity index (χ3n) is 5.46. The Morgan fingerprint density at radius 1 is 1.25 bits per heavy atom. The number of carbonyl (C=O) groups excluding carboxylic acids is 3. The van der Waals surface area contributed by atoms with E-state index in [1.165, 1.54) is 31.4 Å². The fourth-order valence-electron chi connectivity index (χ4n) is 3.42. The van der Waals surface area contributed by atoms with Crippen LogP contribution in [0.15, 0.2) is 47.1 Å². The van der Waals surface area contributed by atoms with E-state index < -0.39 is 35.4 Å². The SMILES string of the molecule is Cc1c(C#N)c(NC(=O)COC(=O)[C@H](C)NC(=O)c2cccc([N+](=O)[O-])c2)n(Cc2ccco2)c1C. The second kappa shape index (κ2) is 11.0. The normalized spacial score (nSPS) is 11.3. The lowest BCUT2D eigenvalue weighted by Crippen LogP contribution is -2.40. The number of hydrogen-bond donors (Lipinski definition) is 2. The Hall–Kier alpha value is -4.92. The van der Waals surface area contributed by atoms with E-state index in [9.17, 15) is 29.8 Å². The molecule has 0 aliphatic rings. The smallest absolute Gasteiger partial charge is 0.328 e. The van der Waals surface area contributed by atoms with Crippen LogP contribution in [0.4, 0.5) is 11.5 Å². The number of nitrogens with zero attached hydrogens (tertiary/aromatic N) is 3. The van der Waals surface area contributed by atoms with Gasteiger partial charge in [0.25, 0.3) is 17.5 Å². The molecule has 3 rings (SSSR count). The first-order valence-corrected chi connectivity index (χ1v) is 10.8. The fourth-order valence-corrected chi connectivity index (χ4v) is 3.42. The van der Waals surface area contributed by atoms with Gasteiger partial charge >= 0.3 is 5.97 Å². The topological polar surface area (TPSA) is 170 Å². The first kappa shape index (κ1) is 25.7. The number of nitro benzene ring substituents is 1. The summed E-state index contributed by atoms with van der Waals surface area (Å²) in [6.45, 7) is 4.53. The molecule has 2 aromatic heterocycles. The lowest BCUT2D eigenvalue weighted by atomic mass is 10.2. The maximum Gasteiger partial charge on any atom is 0.328 e. The van der Waals surface area contributed by atoms with Crippen molar-refractivity contribution in [1.82, 2.24) is 9.88 Å². The Bertz CT molecular complexity index is 1350. The van der Waals surface area contributed by atoms with E-state index in [0.29, 0.717) is 11.3 Å². The molecule has 0 unspecified atom stereocenters. The number of hydrogen-bond acceptors (Lipinski definition) is 8. The quantitative estimate of drug-likeness (QED) is 0.260. The van der Waals surface area contributed by atoms with Crippen LogP contribution in [0.2, 0.25) is 0 Å². The zero-order chi connectivity index (χ0) is 26.4. The highest BCUT2D eigenvalue weighted by molar-refractivity contribution is 5.98. The summed E-state index contributed by atoms with van der Waals surface area (Å²) in [5.41, 5.74) is 1.44. The minimum Gasteiger partial charge on any atom is -0.467 e. The van der Waals surface area contributed by atoms with Gasteiger partial charge in [-0.15, -0.1) is 0 Å². The molecule has 12 heteroatoms. The molecule has 2 N–H and O–H groups in total. The van der Waals surface area contributed by atoms with Crippen LogP contribution in [0.1, 0.15) is 39.9 Å². The van der Waals surface area contributed by atoms with E-state index in [2.05, 4.69) is 16.7 Å². The Labute approximate surface area is 205 Å². The number of amides is 2. The van der Waals surface area contributed by atoms with Crippen molar-refractivity contribution >= 4 is 29.3 Å². The molecule has 0 saturated heterocycles. The minimum absolute atomic E-state index is 0.00585. The van der Waals surface area contributed by atoms with Crippen LogP contribution in [0.3, 0.4) is 0 Å². The van der Waals surface area contributed by atoms with Crippen molar-refractivity contribution in [1.29, 1.82) is 5.26 Å². The third-order valence-corrected chi connectivity index (χ3v) is 5.46. The summed E-state index contributed by atoms with van der Waals surface area (Å²) in [7, 11) is 0. The van der Waals surface area contributed by atoms with Crippen molar-refractivity contribution in [3.05, 3.63) is 80.9 Å². The van der Waals surface area contributed by atoms with Gasteiger partial charge in [-0.05, 0) is 44.5 Å². The lowest BCUT2D eigenvalue weighted by molar-refractivity contribution is -0.384. The average molecular weight is 493 g/mol. The highest BCUT2D eigenvalue weighted by atomic mass is 16.6. The van der Waals surface area contributed by atoms with Gasteiger partial charge in [0, 0.05) is 23.4 Å². The first-order chi connectivity index (χ1) is 17.1. The zero-order valence-corrected chi connectivity index (χ0v) is 19.7. The van der Waals surface area contributed by atoms with Crippen molar-refractivity contribution in [3.63, 3.8) is 0 Å². The molecule has 0 aliphatic carbocycles. The number of benzene rings is 1. The molecule has 1 atom stereocenters. The molecule has 0 bridgehead atoms. The van der Waals surface area contributed by atoms with Crippen molar-refractivity contribution in [3.8, 4) is 6.07 Å². The molecule has 1 aromatic carbocycles. The summed E-state index contributed by atoms with van der Waals surface area (Å²) in [6, 6.07) is 9.46. The number of furan rings is 1. The number of nitriles is 1. The predicted molar refractivity (Wildman–Crippen MR) is 126 cm³/mol. The lowest BCUT2D eigenvalue weighted by Gasteiger charge is -2.14. The first-order valence-electron chi connectivity index (χ1n) is 10.8. The van der Waals surface area contributed by atoms with Crippen LogP contribution in [0.5, 0.6) is 0 Å². The van der Waals surface area contributed by atoms with Crippen LogP contribution < -0.4 is 10.6 Å². The molecule has 0 aliphatic heterocycles. The van der Waals surface area contributed by atoms with E-state index in [-0.39, 0.29) is 29.2 Å². The maximum absolute atomic E-state index is 12.5. The Morgan fingerprint density at radius 2 is 2.00 bits per heavy atom. The second-order valence-corrected chi connectivity index (χ2v) is 7.87. The van der Waals surface area contributed by atoms with Crippen molar-refractivity contribution in [2.24, 2.45) is 0 Å². The summed E-state index contributed by atoms with van der Waals surface area (Å²) < 4.78 is 12.1. The van der Waals surface area contributed by atoms with Gasteiger partial charge in [0.2, 0.25) is 0 Å². The molecule has 0 radical (unpaired) electrons. The van der Waals surface area contributed by atoms with Gasteiger partial charge in [-0.25, -0.2) is 4.79 Å². The third kappa shape index (κ3) is 5.76. The van der Waals surface area contributed by atoms with E-state index in [0.717, 1.165) is 11.8 Å². The Kier molecular flexibility index (Phi) is 7.85. The number of anilines is 1. The Balaban J connectivity index is 1.62. The monoisotopic (exact) mass is 493 g/mol. The number of nitrogens with one attached hydrogen (secondary N) is 2. The number of aromatic nitrogens is 1. The average Bonchev–Trinajstić information content (AvgIpc) is 3.45. The molecule has 12 nitrogen and oxygen atoms in total. The zero-order valence-electron chi connectivity index (χ0n) is 19.7. The molecule has 3 aromatic rings. The van der Waals surface area contributed by atoms with E-state index in [1.807, 2.05) is 0 Å². The van der Waals surface area contributed by atoms with Gasteiger partial charge in [0.1, 0.15) is 23.7 Å². The molecule has 36 heavy (non-hydrogen) atoms. The molecule has 0 saturated carbocycles. The fraction of sp³-hybridized carbons (Fsp3) is 0.250. The van der Waals surface area contributed by atoms with Gasteiger partial charge in [-0.1, -0.05) is 6.07 Å². The van der Waals surface area contributed by atoms with Crippen LogP contribution in [0.25, 0.3) is 0 Å². The summed E-state index contributed by atoms with van der Waals surface area (Å²) in [5.74, 6) is -1.42. The van der Waals surface area contributed by atoms with Gasteiger partial charge < -0.3 is 24.4 Å². The van der Waals surface area contributed by atoms with Gasteiger partial charge in [0.05, 0.1) is 23.3 Å². The van der Waals surface area contributed by atoms with Gasteiger partial charge in [-0.3, -0.25) is 19.7 Å². The van der Waals surface area contributed by atoms with E-state index in [1.54, 1.807) is 30.5 Å². The number of carbonyl (C=O) groups is 3. The van der Waals surface area contributed by atoms with Crippen LogP contribution in [-0.4, -0.2) is 39.9 Å². The molecule has 186 valence electrons. The summed E-state index contributed by atoms with van der Waals surface area (Å²) >= 11 is 0. The molecule has 0 spiro atoms. The summed E-state index contributed by atoms with van der Waals surface area (Å²) in [6.07, 6.45) is 1.52. The second-order valence-electron chi connectivity index (χ2n) is 7.87. The van der Waals surface area contributed by atoms with Crippen LogP contribution in [-0.2, 0) is 20.9 Å². The summed E-state index contributed by atoms with van der Waals surface area (Å²) in [4.78, 5) is 47.4. The molecule has 0 fully saturated rings. The van der Waals surface area contributed by atoms with Crippen molar-refractivity contribution < 1.29 is 28.5 Å². The number of ether oxygens (including phenoxy) is 1. The number of nitro groups is 1. The Morgan fingerprint density at radius 3 is 2.64 bits per heavy atom. The predicted octanol–water partition coefficient (Wildman–Crippen LogP) is 2.83. The van der Waals surface area contributed by atoms with E-state index in [4.69, 9.17) is 9.15 Å². The molecule has 2 heterocycles. The highest BCUT2D eigenvalue weighted by Crippen LogP contribution is 2.27. The summed E-state index contributed by atoms with van der Waals surface area (Å²) in [5, 5.41) is 25.5. The van der Waals surface area contributed by atoms with Gasteiger partial charge in [-0.2, -0.15) is 5.26 Å². The largest absolute Gasteiger partial charge is 0.467 e. The molecular formula is C24H23N5O7. The highest BCUT2D eigenvalue weighted by Gasteiger charge is 2.23. The molecule has 2 amide bonds. The number of esters is 1. The minimum atomic E-state index is -1.13. The van der Waals surface area contributed by atoms with Crippen molar-refractivity contribution in [2.75, 3.05) is 11.9 Å². The molecular weight excluding hydrogens is 470 g/mol. The maximum atomic E-state index is 12.5. The number of non-ortho nitro benzene ring substituents is 1. The van der Waals surface area contributed by atoms with Crippen LogP contribution >= 0.6 is 0 Å². The van der Waals surface area contributed by atoms with E-state index >= 15 is 0 Å². The standard InChI is InChI=1S/C24H23N5O7/c1-14-16(3)28(12-19-8-5-9-35-19)22(20(14)11-25)27-21(30)13-36-24(32)15(2)26-23(31)17-6-4-7-18(10-17)29(33)34/h4-10,15H,12-13H2,1-3H3,(H,26,31)(H,27,30)/t15-/m0/s1.